The molecule has 2 atom stereocenters. The molecular weight excluding hydrogens is 312 g/mol. The zero-order valence-electron chi connectivity index (χ0n) is 13.0. The van der Waals surface area contributed by atoms with Crippen LogP contribution in [0.4, 0.5) is 5.82 Å². The number of nitrogens with two attached hydrogens (primary N) is 1. The van der Waals surface area contributed by atoms with Gasteiger partial charge in [-0.15, -0.1) is 0 Å². The van der Waals surface area contributed by atoms with Gasteiger partial charge in [-0.1, -0.05) is 30.3 Å². The molecule has 1 aromatic heterocycles. The molecule has 0 spiro atoms. The molecule has 0 fully saturated rings. The number of rotatable bonds is 6. The third-order valence-electron chi connectivity index (χ3n) is 3.55. The smallest absolute Gasteiger partial charge is 0.350 e. The van der Waals surface area contributed by atoms with Crippen LogP contribution in [0.5, 0.6) is 0 Å². The van der Waals surface area contributed by atoms with Gasteiger partial charge in [0.2, 0.25) is 5.91 Å². The van der Waals surface area contributed by atoms with Gasteiger partial charge in [-0.05, 0) is 18.6 Å². The number of carboxylic acids is 1. The number of carbonyl (C=O) groups is 2. The van der Waals surface area contributed by atoms with Crippen LogP contribution in [0.25, 0.3) is 0 Å². The summed E-state index contributed by atoms with van der Waals surface area (Å²) in [5.41, 5.74) is 5.52. The first-order valence-corrected chi connectivity index (χ1v) is 7.30. The molecule has 0 aliphatic carbocycles. The molecule has 1 aromatic carbocycles. The minimum Gasteiger partial charge on any atom is -0.480 e. The van der Waals surface area contributed by atoms with Crippen LogP contribution in [0.2, 0.25) is 0 Å². The van der Waals surface area contributed by atoms with Crippen LogP contribution in [-0.2, 0) is 16.0 Å². The molecule has 1 amide bonds. The lowest BCUT2D eigenvalue weighted by Gasteiger charge is -2.19. The van der Waals surface area contributed by atoms with Gasteiger partial charge in [-0.25, -0.2) is 9.59 Å². The van der Waals surface area contributed by atoms with Crippen molar-refractivity contribution in [2.45, 2.75) is 25.4 Å². The Morgan fingerprint density at radius 2 is 1.96 bits per heavy atom. The van der Waals surface area contributed by atoms with Gasteiger partial charge < -0.3 is 16.2 Å². The number of aliphatic carboxylic acids is 1. The monoisotopic (exact) mass is 330 g/mol. The van der Waals surface area contributed by atoms with E-state index in [1.54, 1.807) is 24.3 Å². The fraction of sp³-hybridized carbons (Fsp3) is 0.250. The summed E-state index contributed by atoms with van der Waals surface area (Å²) < 4.78 is 1.09. The second kappa shape index (κ2) is 7.40. The van der Waals surface area contributed by atoms with Crippen LogP contribution < -0.4 is 16.7 Å². The van der Waals surface area contributed by atoms with E-state index in [4.69, 9.17) is 5.73 Å². The number of nitrogens with zero attached hydrogens (tertiary/aromatic N) is 2. The van der Waals surface area contributed by atoms with E-state index in [1.165, 1.54) is 19.2 Å². The number of aromatic nitrogens is 2. The summed E-state index contributed by atoms with van der Waals surface area (Å²) in [4.78, 5) is 39.0. The zero-order chi connectivity index (χ0) is 17.7. The van der Waals surface area contributed by atoms with E-state index < -0.39 is 29.6 Å². The Kier molecular flexibility index (Phi) is 5.31. The zero-order valence-corrected chi connectivity index (χ0v) is 13.0. The van der Waals surface area contributed by atoms with Crippen molar-refractivity contribution < 1.29 is 14.7 Å². The van der Waals surface area contributed by atoms with E-state index in [2.05, 4.69) is 10.3 Å². The van der Waals surface area contributed by atoms with E-state index in [9.17, 15) is 19.5 Å². The molecule has 0 aliphatic heterocycles. The van der Waals surface area contributed by atoms with Crippen molar-refractivity contribution >= 4 is 17.7 Å². The number of hydrogen-bond acceptors (Lipinski definition) is 5. The quantitative estimate of drug-likeness (QED) is 0.694. The number of benzene rings is 1. The van der Waals surface area contributed by atoms with Gasteiger partial charge in [0.05, 0.1) is 0 Å². The van der Waals surface area contributed by atoms with Crippen molar-refractivity contribution in [2.75, 3.05) is 5.73 Å². The van der Waals surface area contributed by atoms with Gasteiger partial charge in [0.15, 0.2) is 0 Å². The predicted molar refractivity (Wildman–Crippen MR) is 87.3 cm³/mol. The summed E-state index contributed by atoms with van der Waals surface area (Å²) in [5, 5.41) is 11.8. The van der Waals surface area contributed by atoms with Crippen LogP contribution in [0, 0.1) is 0 Å². The summed E-state index contributed by atoms with van der Waals surface area (Å²) in [5.74, 6) is -1.69. The molecular formula is C16H18N4O4. The largest absolute Gasteiger partial charge is 0.480 e. The Morgan fingerprint density at radius 3 is 2.54 bits per heavy atom. The van der Waals surface area contributed by atoms with Crippen molar-refractivity contribution in [3.63, 3.8) is 0 Å². The molecule has 0 radical (unpaired) electrons. The lowest BCUT2D eigenvalue weighted by Crippen LogP contribution is -2.46. The molecule has 2 rings (SSSR count). The van der Waals surface area contributed by atoms with E-state index >= 15 is 0 Å². The minimum atomic E-state index is -1.15. The fourth-order valence-corrected chi connectivity index (χ4v) is 2.19. The van der Waals surface area contributed by atoms with Crippen molar-refractivity contribution in [3.05, 3.63) is 58.6 Å². The van der Waals surface area contributed by atoms with Crippen molar-refractivity contribution in [3.8, 4) is 0 Å². The molecule has 2 aromatic rings. The molecule has 0 saturated carbocycles. The van der Waals surface area contributed by atoms with Crippen molar-refractivity contribution in [1.29, 1.82) is 0 Å². The Hall–Kier alpha value is -3.16. The molecule has 1 heterocycles. The molecule has 4 N–H and O–H groups in total. The first kappa shape index (κ1) is 17.2. The van der Waals surface area contributed by atoms with Gasteiger partial charge in [0.25, 0.3) is 0 Å². The van der Waals surface area contributed by atoms with Gasteiger partial charge in [-0.2, -0.15) is 4.98 Å². The number of carboxylic acid groups (broad SMARTS) is 1. The summed E-state index contributed by atoms with van der Waals surface area (Å²) in [6, 6.07) is 8.34. The van der Waals surface area contributed by atoms with Crippen LogP contribution in [0.3, 0.4) is 0 Å². The number of carbonyl (C=O) groups excluding carboxylic acids is 1. The highest BCUT2D eigenvalue weighted by atomic mass is 16.4. The molecule has 0 aliphatic rings. The Bertz CT molecular complexity index is 788. The third-order valence-corrected chi connectivity index (χ3v) is 3.55. The topological polar surface area (TPSA) is 127 Å². The highest BCUT2D eigenvalue weighted by Crippen LogP contribution is 2.07. The Labute approximate surface area is 137 Å². The lowest BCUT2D eigenvalue weighted by atomic mass is 10.1. The van der Waals surface area contributed by atoms with Crippen molar-refractivity contribution in [2.24, 2.45) is 0 Å². The Morgan fingerprint density at radius 1 is 1.29 bits per heavy atom. The second-order valence-corrected chi connectivity index (χ2v) is 5.31. The summed E-state index contributed by atoms with van der Waals surface area (Å²) in [7, 11) is 0. The third kappa shape index (κ3) is 4.19. The van der Waals surface area contributed by atoms with E-state index in [1.807, 2.05) is 6.07 Å². The van der Waals surface area contributed by atoms with Gasteiger partial charge in [0, 0.05) is 12.6 Å². The van der Waals surface area contributed by atoms with E-state index in [0.29, 0.717) is 0 Å². The van der Waals surface area contributed by atoms with E-state index in [0.717, 1.165) is 10.1 Å². The lowest BCUT2D eigenvalue weighted by molar-refractivity contribution is -0.142. The normalized spacial score (nSPS) is 13.0. The number of anilines is 1. The SMILES string of the molecule is CC(C(=O)N[C@@H](Cc1ccccc1)C(=O)O)n1ccc(N)nc1=O. The summed E-state index contributed by atoms with van der Waals surface area (Å²) in [6.45, 7) is 1.48. The maximum absolute atomic E-state index is 12.3. The van der Waals surface area contributed by atoms with E-state index in [-0.39, 0.29) is 12.2 Å². The average molecular weight is 330 g/mol. The highest BCUT2D eigenvalue weighted by molar-refractivity contribution is 5.85. The number of nitrogen functional groups attached to an aromatic ring is 1. The molecule has 0 bridgehead atoms. The van der Waals surface area contributed by atoms with Crippen LogP contribution in [0.15, 0.2) is 47.4 Å². The summed E-state index contributed by atoms with van der Waals surface area (Å²) in [6.07, 6.45) is 1.49. The number of nitrogens with one attached hydrogen (secondary N) is 1. The predicted octanol–water partition coefficient (Wildman–Crippen LogP) is 0.199. The first-order valence-electron chi connectivity index (χ1n) is 7.30. The van der Waals surface area contributed by atoms with Crippen molar-refractivity contribution in [1.82, 2.24) is 14.9 Å². The maximum atomic E-state index is 12.3. The van der Waals surface area contributed by atoms with Gasteiger partial charge in [-0.3, -0.25) is 9.36 Å². The van der Waals surface area contributed by atoms with Crippen LogP contribution in [-0.4, -0.2) is 32.6 Å². The molecule has 126 valence electrons. The highest BCUT2D eigenvalue weighted by Gasteiger charge is 2.24. The standard InChI is InChI=1S/C16H18N4O4/c1-10(20-8-7-13(17)19-16(20)24)14(21)18-12(15(22)23)9-11-5-3-2-4-6-11/h2-8,10,12H,9H2,1H3,(H,18,21)(H,22,23)(H2,17,19,24)/t10?,12-/m0/s1. The molecule has 0 saturated heterocycles. The summed E-state index contributed by atoms with van der Waals surface area (Å²) >= 11 is 0. The maximum Gasteiger partial charge on any atom is 0.350 e. The van der Waals surface area contributed by atoms with Gasteiger partial charge >= 0.3 is 11.7 Å². The molecule has 1 unspecified atom stereocenters. The number of hydrogen-bond donors (Lipinski definition) is 3. The number of amides is 1. The van der Waals surface area contributed by atoms with Gasteiger partial charge in [0.1, 0.15) is 17.9 Å². The molecule has 24 heavy (non-hydrogen) atoms. The average Bonchev–Trinajstić information content (AvgIpc) is 2.54. The second-order valence-electron chi connectivity index (χ2n) is 5.31. The fourth-order valence-electron chi connectivity index (χ4n) is 2.19. The minimum absolute atomic E-state index is 0.0522. The first-order chi connectivity index (χ1) is 11.4. The molecule has 8 nitrogen and oxygen atoms in total. The van der Waals surface area contributed by atoms with Crippen LogP contribution in [0.1, 0.15) is 18.5 Å². The molecule has 8 heteroatoms. The van der Waals surface area contributed by atoms with Crippen LogP contribution >= 0.6 is 0 Å². The Balaban J connectivity index is 2.12.